The van der Waals surface area contributed by atoms with Crippen LogP contribution in [0.2, 0.25) is 0 Å². The molecule has 2 aliphatic rings. The van der Waals surface area contributed by atoms with Crippen LogP contribution in [0, 0.1) is 5.92 Å². The molecule has 94 valence electrons. The van der Waals surface area contributed by atoms with Crippen molar-refractivity contribution < 1.29 is 0 Å². The van der Waals surface area contributed by atoms with Gasteiger partial charge in [0.2, 0.25) is 0 Å². The molecule has 0 aromatic carbocycles. The van der Waals surface area contributed by atoms with Gasteiger partial charge in [-0.15, -0.1) is 10.2 Å². The molecule has 2 heterocycles. The van der Waals surface area contributed by atoms with Gasteiger partial charge >= 0.3 is 0 Å². The van der Waals surface area contributed by atoms with E-state index in [1.807, 2.05) is 0 Å². The summed E-state index contributed by atoms with van der Waals surface area (Å²) in [6.45, 7) is 1.91. The number of hydrogen-bond donors (Lipinski definition) is 1. The minimum atomic E-state index is 0.569. The third-order valence-electron chi connectivity index (χ3n) is 4.43. The molecule has 1 aromatic heterocycles. The van der Waals surface area contributed by atoms with Gasteiger partial charge in [-0.3, -0.25) is 0 Å². The Morgan fingerprint density at radius 1 is 1.12 bits per heavy atom. The molecule has 0 radical (unpaired) electrons. The standard InChI is InChI=1S/C13H22N4/c14-9-10-5-4-6-11(10)13-16-15-12-7-2-1-3-8-17(12)13/h10-11H,1-9,14H2. The molecule has 1 aliphatic carbocycles. The van der Waals surface area contributed by atoms with Gasteiger partial charge in [0.25, 0.3) is 0 Å². The number of fused-ring (bicyclic) bond motifs is 1. The van der Waals surface area contributed by atoms with Gasteiger partial charge in [-0.05, 0) is 38.1 Å². The Hall–Kier alpha value is -0.900. The molecule has 4 heteroatoms. The quantitative estimate of drug-likeness (QED) is 0.849. The van der Waals surface area contributed by atoms with Crippen molar-refractivity contribution in [3.05, 3.63) is 11.6 Å². The minimum Gasteiger partial charge on any atom is -0.330 e. The number of hydrogen-bond acceptors (Lipinski definition) is 3. The van der Waals surface area contributed by atoms with E-state index in [0.29, 0.717) is 11.8 Å². The van der Waals surface area contributed by atoms with E-state index in [9.17, 15) is 0 Å². The summed E-state index contributed by atoms with van der Waals surface area (Å²) in [6.07, 6.45) is 8.79. The van der Waals surface area contributed by atoms with Gasteiger partial charge in [-0.2, -0.15) is 0 Å². The largest absolute Gasteiger partial charge is 0.330 e. The molecule has 1 aromatic rings. The Bertz CT molecular complexity index is 385. The fourth-order valence-electron chi connectivity index (χ4n) is 3.44. The second kappa shape index (κ2) is 4.77. The SMILES string of the molecule is NCC1CCCC1c1nnc2n1CCCCC2. The van der Waals surface area contributed by atoms with Crippen LogP contribution >= 0.6 is 0 Å². The van der Waals surface area contributed by atoms with E-state index in [4.69, 9.17) is 5.73 Å². The first-order valence-corrected chi connectivity index (χ1v) is 7.02. The van der Waals surface area contributed by atoms with Crippen LogP contribution in [-0.2, 0) is 13.0 Å². The molecule has 0 saturated heterocycles. The van der Waals surface area contributed by atoms with Crippen molar-refractivity contribution >= 4 is 0 Å². The van der Waals surface area contributed by atoms with Crippen LogP contribution in [0.25, 0.3) is 0 Å². The van der Waals surface area contributed by atoms with Crippen LogP contribution in [-0.4, -0.2) is 21.3 Å². The van der Waals surface area contributed by atoms with Gasteiger partial charge in [0.15, 0.2) is 0 Å². The summed E-state index contributed by atoms with van der Waals surface area (Å²) in [5, 5.41) is 8.88. The van der Waals surface area contributed by atoms with Gasteiger partial charge in [0.1, 0.15) is 11.6 Å². The fraction of sp³-hybridized carbons (Fsp3) is 0.846. The summed E-state index contributed by atoms with van der Waals surface area (Å²) in [7, 11) is 0. The monoisotopic (exact) mass is 234 g/mol. The molecule has 1 saturated carbocycles. The highest BCUT2D eigenvalue weighted by Crippen LogP contribution is 2.38. The maximum absolute atomic E-state index is 5.88. The Kier molecular flexibility index (Phi) is 3.14. The molecule has 3 rings (SSSR count). The van der Waals surface area contributed by atoms with Gasteiger partial charge in [0.05, 0.1) is 0 Å². The summed E-state index contributed by atoms with van der Waals surface area (Å²) in [5.74, 6) is 3.64. The normalized spacial score (nSPS) is 29.0. The van der Waals surface area contributed by atoms with E-state index in [1.165, 1.54) is 50.2 Å². The predicted molar refractivity (Wildman–Crippen MR) is 66.7 cm³/mol. The molecule has 0 spiro atoms. The predicted octanol–water partition coefficient (Wildman–Crippen LogP) is 1.85. The summed E-state index contributed by atoms with van der Waals surface area (Å²) in [4.78, 5) is 0. The lowest BCUT2D eigenvalue weighted by molar-refractivity contribution is 0.453. The molecule has 0 amide bonds. The third-order valence-corrected chi connectivity index (χ3v) is 4.43. The van der Waals surface area contributed by atoms with E-state index in [2.05, 4.69) is 14.8 Å². The van der Waals surface area contributed by atoms with E-state index >= 15 is 0 Å². The van der Waals surface area contributed by atoms with E-state index in [0.717, 1.165) is 19.5 Å². The maximum Gasteiger partial charge on any atom is 0.136 e. The Balaban J connectivity index is 1.90. The molecule has 1 fully saturated rings. The number of nitrogens with zero attached hydrogens (tertiary/aromatic N) is 3. The first-order valence-electron chi connectivity index (χ1n) is 7.02. The Morgan fingerprint density at radius 3 is 2.94 bits per heavy atom. The second-order valence-electron chi connectivity index (χ2n) is 5.47. The van der Waals surface area contributed by atoms with Crippen LogP contribution in [0.1, 0.15) is 56.1 Å². The van der Waals surface area contributed by atoms with Crippen molar-refractivity contribution in [3.63, 3.8) is 0 Å². The molecule has 2 N–H and O–H groups in total. The molecule has 2 unspecified atom stereocenters. The lowest BCUT2D eigenvalue weighted by Gasteiger charge is -2.18. The molecule has 0 bridgehead atoms. The van der Waals surface area contributed by atoms with Crippen molar-refractivity contribution in [1.82, 2.24) is 14.8 Å². The van der Waals surface area contributed by atoms with Crippen LogP contribution in [0.4, 0.5) is 0 Å². The van der Waals surface area contributed by atoms with Crippen molar-refractivity contribution in [3.8, 4) is 0 Å². The summed E-state index contributed by atoms with van der Waals surface area (Å²) >= 11 is 0. The van der Waals surface area contributed by atoms with Gasteiger partial charge < -0.3 is 10.3 Å². The van der Waals surface area contributed by atoms with Crippen LogP contribution < -0.4 is 5.73 Å². The van der Waals surface area contributed by atoms with Crippen LogP contribution in [0.3, 0.4) is 0 Å². The third kappa shape index (κ3) is 1.99. The number of aryl methyl sites for hydroxylation is 1. The summed E-state index contributed by atoms with van der Waals surface area (Å²) in [6, 6.07) is 0. The molecular weight excluding hydrogens is 212 g/mol. The number of nitrogens with two attached hydrogens (primary N) is 1. The zero-order valence-electron chi connectivity index (χ0n) is 10.4. The van der Waals surface area contributed by atoms with E-state index in [-0.39, 0.29) is 0 Å². The Morgan fingerprint density at radius 2 is 2.06 bits per heavy atom. The molecule has 17 heavy (non-hydrogen) atoms. The fourth-order valence-corrected chi connectivity index (χ4v) is 3.44. The maximum atomic E-state index is 5.88. The highest BCUT2D eigenvalue weighted by Gasteiger charge is 2.32. The first kappa shape index (κ1) is 11.2. The zero-order valence-corrected chi connectivity index (χ0v) is 10.4. The molecule has 4 nitrogen and oxygen atoms in total. The van der Waals surface area contributed by atoms with E-state index < -0.39 is 0 Å². The smallest absolute Gasteiger partial charge is 0.136 e. The Labute approximate surface area is 103 Å². The zero-order chi connectivity index (χ0) is 11.7. The number of rotatable bonds is 2. The van der Waals surface area contributed by atoms with Gasteiger partial charge in [-0.1, -0.05) is 12.8 Å². The van der Waals surface area contributed by atoms with Gasteiger partial charge in [0, 0.05) is 18.9 Å². The summed E-state index contributed by atoms with van der Waals surface area (Å²) in [5.41, 5.74) is 5.88. The van der Waals surface area contributed by atoms with Crippen molar-refractivity contribution in [1.29, 1.82) is 0 Å². The molecule has 1 aliphatic heterocycles. The van der Waals surface area contributed by atoms with Crippen LogP contribution in [0.5, 0.6) is 0 Å². The topological polar surface area (TPSA) is 56.7 Å². The number of aromatic nitrogens is 3. The van der Waals surface area contributed by atoms with E-state index in [1.54, 1.807) is 0 Å². The van der Waals surface area contributed by atoms with Crippen LogP contribution in [0.15, 0.2) is 0 Å². The highest BCUT2D eigenvalue weighted by molar-refractivity contribution is 5.07. The molecule has 2 atom stereocenters. The lowest BCUT2D eigenvalue weighted by atomic mass is 9.95. The van der Waals surface area contributed by atoms with Crippen molar-refractivity contribution in [2.75, 3.05) is 6.54 Å². The van der Waals surface area contributed by atoms with Crippen molar-refractivity contribution in [2.24, 2.45) is 11.7 Å². The average molecular weight is 234 g/mol. The lowest BCUT2D eigenvalue weighted by Crippen LogP contribution is -2.20. The molecular formula is C13H22N4. The summed E-state index contributed by atoms with van der Waals surface area (Å²) < 4.78 is 2.39. The van der Waals surface area contributed by atoms with Crippen molar-refractivity contribution in [2.45, 2.75) is 57.4 Å². The highest BCUT2D eigenvalue weighted by atomic mass is 15.3. The average Bonchev–Trinajstić information content (AvgIpc) is 2.89. The minimum absolute atomic E-state index is 0.569. The van der Waals surface area contributed by atoms with Gasteiger partial charge in [-0.25, -0.2) is 0 Å². The second-order valence-corrected chi connectivity index (χ2v) is 5.47. The first-order chi connectivity index (χ1) is 8.40.